The Bertz CT molecular complexity index is 496. The number of rotatable bonds is 3. The van der Waals surface area contributed by atoms with E-state index in [1.807, 2.05) is 10.6 Å². The number of aromatic nitrogens is 2. The standard InChI is InChI=1S/C11H10Cl2N2O/c12-9-2-1-8(10(13)5-9)6-15-4-3-14-11(15)7-16/h1-5,16H,6-7H2. The minimum atomic E-state index is -0.0851. The molecule has 1 heterocycles. The molecule has 0 unspecified atom stereocenters. The van der Waals surface area contributed by atoms with E-state index in [2.05, 4.69) is 4.98 Å². The van der Waals surface area contributed by atoms with Gasteiger partial charge in [0.05, 0.1) is 6.54 Å². The van der Waals surface area contributed by atoms with Crippen molar-refractivity contribution >= 4 is 23.2 Å². The molecule has 0 fully saturated rings. The van der Waals surface area contributed by atoms with E-state index in [0.29, 0.717) is 22.4 Å². The first-order chi connectivity index (χ1) is 7.70. The Kier molecular flexibility index (Phi) is 3.49. The third-order valence-corrected chi connectivity index (χ3v) is 2.89. The highest BCUT2D eigenvalue weighted by molar-refractivity contribution is 6.35. The molecule has 0 saturated heterocycles. The number of hydrogen-bond donors (Lipinski definition) is 1. The van der Waals surface area contributed by atoms with Crippen LogP contribution in [0.25, 0.3) is 0 Å². The Labute approximate surface area is 103 Å². The van der Waals surface area contributed by atoms with E-state index in [1.54, 1.807) is 24.5 Å². The molecular weight excluding hydrogens is 247 g/mol. The molecule has 1 aromatic heterocycles. The van der Waals surface area contributed by atoms with E-state index in [-0.39, 0.29) is 6.61 Å². The van der Waals surface area contributed by atoms with Gasteiger partial charge in [0.15, 0.2) is 0 Å². The lowest BCUT2D eigenvalue weighted by molar-refractivity contribution is 0.266. The molecule has 0 atom stereocenters. The topological polar surface area (TPSA) is 38.1 Å². The van der Waals surface area contributed by atoms with Crippen LogP contribution in [0.15, 0.2) is 30.6 Å². The molecule has 84 valence electrons. The monoisotopic (exact) mass is 256 g/mol. The van der Waals surface area contributed by atoms with Crippen LogP contribution in [0.5, 0.6) is 0 Å². The van der Waals surface area contributed by atoms with Gasteiger partial charge in [0.25, 0.3) is 0 Å². The summed E-state index contributed by atoms with van der Waals surface area (Å²) >= 11 is 11.9. The van der Waals surface area contributed by atoms with Gasteiger partial charge in [-0.1, -0.05) is 29.3 Å². The van der Waals surface area contributed by atoms with Crippen LogP contribution in [0, 0.1) is 0 Å². The molecule has 0 aliphatic rings. The van der Waals surface area contributed by atoms with Gasteiger partial charge in [0.1, 0.15) is 12.4 Å². The molecule has 0 saturated carbocycles. The van der Waals surface area contributed by atoms with Crippen LogP contribution >= 0.6 is 23.2 Å². The summed E-state index contributed by atoms with van der Waals surface area (Å²) in [6.07, 6.45) is 3.45. The van der Waals surface area contributed by atoms with Crippen molar-refractivity contribution in [2.24, 2.45) is 0 Å². The Balaban J connectivity index is 2.27. The molecule has 0 radical (unpaired) electrons. The summed E-state index contributed by atoms with van der Waals surface area (Å²) in [6, 6.07) is 5.36. The van der Waals surface area contributed by atoms with Crippen molar-refractivity contribution in [3.8, 4) is 0 Å². The first kappa shape index (κ1) is 11.5. The minimum Gasteiger partial charge on any atom is -0.388 e. The van der Waals surface area contributed by atoms with Crippen molar-refractivity contribution in [1.29, 1.82) is 0 Å². The van der Waals surface area contributed by atoms with E-state index in [9.17, 15) is 0 Å². The Hall–Kier alpha value is -1.03. The van der Waals surface area contributed by atoms with E-state index in [4.69, 9.17) is 28.3 Å². The zero-order valence-corrected chi connectivity index (χ0v) is 9.91. The average molecular weight is 257 g/mol. The third-order valence-electron chi connectivity index (χ3n) is 2.30. The van der Waals surface area contributed by atoms with Crippen LogP contribution in [-0.4, -0.2) is 14.7 Å². The fraction of sp³-hybridized carbons (Fsp3) is 0.182. The summed E-state index contributed by atoms with van der Waals surface area (Å²) in [5, 5.41) is 10.3. The maximum Gasteiger partial charge on any atom is 0.134 e. The second-order valence-electron chi connectivity index (χ2n) is 3.37. The number of aliphatic hydroxyl groups is 1. The second-order valence-corrected chi connectivity index (χ2v) is 4.21. The zero-order chi connectivity index (χ0) is 11.5. The molecule has 1 aromatic carbocycles. The second kappa shape index (κ2) is 4.87. The van der Waals surface area contributed by atoms with Gasteiger partial charge < -0.3 is 9.67 Å². The normalized spacial score (nSPS) is 10.7. The summed E-state index contributed by atoms with van der Waals surface area (Å²) in [5.74, 6) is 0.617. The largest absolute Gasteiger partial charge is 0.388 e. The molecule has 2 rings (SSSR count). The van der Waals surface area contributed by atoms with Crippen molar-refractivity contribution < 1.29 is 5.11 Å². The minimum absolute atomic E-state index is 0.0851. The average Bonchev–Trinajstić information content (AvgIpc) is 2.69. The number of halogens is 2. The number of aliphatic hydroxyl groups excluding tert-OH is 1. The third kappa shape index (κ3) is 2.38. The summed E-state index contributed by atoms with van der Waals surface area (Å²) in [4.78, 5) is 4.02. The Morgan fingerprint density at radius 1 is 1.31 bits per heavy atom. The van der Waals surface area contributed by atoms with E-state index in [1.165, 1.54) is 0 Å². The van der Waals surface area contributed by atoms with Gasteiger partial charge in [0.2, 0.25) is 0 Å². The summed E-state index contributed by atoms with van der Waals surface area (Å²) in [7, 11) is 0. The molecule has 0 amide bonds. The lowest BCUT2D eigenvalue weighted by atomic mass is 10.2. The van der Waals surface area contributed by atoms with Crippen molar-refractivity contribution in [3.05, 3.63) is 52.0 Å². The predicted molar refractivity (Wildman–Crippen MR) is 63.7 cm³/mol. The number of imidazole rings is 1. The highest BCUT2D eigenvalue weighted by atomic mass is 35.5. The van der Waals surface area contributed by atoms with E-state index in [0.717, 1.165) is 5.56 Å². The molecule has 0 aliphatic heterocycles. The van der Waals surface area contributed by atoms with Gasteiger partial charge >= 0.3 is 0 Å². The molecular formula is C11H10Cl2N2O. The van der Waals surface area contributed by atoms with Crippen molar-refractivity contribution in [2.45, 2.75) is 13.2 Å². The van der Waals surface area contributed by atoms with Gasteiger partial charge in [0, 0.05) is 22.4 Å². The fourth-order valence-electron chi connectivity index (χ4n) is 1.47. The highest BCUT2D eigenvalue weighted by Crippen LogP contribution is 2.22. The molecule has 0 aliphatic carbocycles. The molecule has 1 N–H and O–H groups in total. The van der Waals surface area contributed by atoms with Gasteiger partial charge in [-0.05, 0) is 17.7 Å². The lowest BCUT2D eigenvalue weighted by Crippen LogP contribution is -2.04. The predicted octanol–water partition coefficient (Wildman–Crippen LogP) is 2.73. The molecule has 16 heavy (non-hydrogen) atoms. The van der Waals surface area contributed by atoms with E-state index < -0.39 is 0 Å². The number of benzene rings is 1. The maximum absolute atomic E-state index is 9.06. The SMILES string of the molecule is OCc1nccn1Cc1ccc(Cl)cc1Cl. The van der Waals surface area contributed by atoms with Gasteiger partial charge in [-0.25, -0.2) is 4.98 Å². The van der Waals surface area contributed by atoms with Crippen LogP contribution in [-0.2, 0) is 13.2 Å². The molecule has 3 nitrogen and oxygen atoms in total. The summed E-state index contributed by atoms with van der Waals surface area (Å²) in [5.41, 5.74) is 0.943. The van der Waals surface area contributed by atoms with Crippen LogP contribution in [0.4, 0.5) is 0 Å². The fourth-order valence-corrected chi connectivity index (χ4v) is 1.94. The Morgan fingerprint density at radius 3 is 2.81 bits per heavy atom. The van der Waals surface area contributed by atoms with Gasteiger partial charge in [-0.2, -0.15) is 0 Å². The number of hydrogen-bond acceptors (Lipinski definition) is 2. The van der Waals surface area contributed by atoms with Crippen LogP contribution in [0.1, 0.15) is 11.4 Å². The molecule has 0 bridgehead atoms. The first-order valence-electron chi connectivity index (χ1n) is 4.75. The van der Waals surface area contributed by atoms with E-state index >= 15 is 0 Å². The summed E-state index contributed by atoms with van der Waals surface area (Å²) in [6.45, 7) is 0.490. The molecule has 2 aromatic rings. The molecule has 0 spiro atoms. The quantitative estimate of drug-likeness (QED) is 0.918. The van der Waals surface area contributed by atoms with Crippen LogP contribution < -0.4 is 0 Å². The Morgan fingerprint density at radius 2 is 2.12 bits per heavy atom. The van der Waals surface area contributed by atoms with Gasteiger partial charge in [-0.3, -0.25) is 0 Å². The van der Waals surface area contributed by atoms with Crippen molar-refractivity contribution in [1.82, 2.24) is 9.55 Å². The lowest BCUT2D eigenvalue weighted by Gasteiger charge is -2.08. The van der Waals surface area contributed by atoms with Crippen LogP contribution in [0.3, 0.4) is 0 Å². The van der Waals surface area contributed by atoms with Crippen molar-refractivity contribution in [3.63, 3.8) is 0 Å². The highest BCUT2D eigenvalue weighted by Gasteiger charge is 2.05. The smallest absolute Gasteiger partial charge is 0.134 e. The number of nitrogens with zero attached hydrogens (tertiary/aromatic N) is 2. The zero-order valence-electron chi connectivity index (χ0n) is 8.40. The van der Waals surface area contributed by atoms with Crippen molar-refractivity contribution in [2.75, 3.05) is 0 Å². The first-order valence-corrected chi connectivity index (χ1v) is 5.51. The van der Waals surface area contributed by atoms with Crippen LogP contribution in [0.2, 0.25) is 10.0 Å². The van der Waals surface area contributed by atoms with Gasteiger partial charge in [-0.15, -0.1) is 0 Å². The maximum atomic E-state index is 9.06. The molecule has 5 heteroatoms. The summed E-state index contributed by atoms with van der Waals surface area (Å²) < 4.78 is 1.84.